The summed E-state index contributed by atoms with van der Waals surface area (Å²) in [4.78, 5) is 2.23. The van der Waals surface area contributed by atoms with Crippen LogP contribution < -0.4 is 5.32 Å². The maximum atomic E-state index is 5.40. The lowest BCUT2D eigenvalue weighted by molar-refractivity contribution is 0.0692. The second-order valence-electron chi connectivity index (χ2n) is 5.54. The molecule has 0 aromatic rings. The van der Waals surface area contributed by atoms with Crippen LogP contribution in [0.3, 0.4) is 0 Å². The van der Waals surface area contributed by atoms with Crippen molar-refractivity contribution in [3.63, 3.8) is 0 Å². The van der Waals surface area contributed by atoms with Crippen LogP contribution in [-0.2, 0) is 9.47 Å². The molecule has 0 spiro atoms. The Morgan fingerprint density at radius 2 is 1.82 bits per heavy atom. The van der Waals surface area contributed by atoms with E-state index >= 15 is 0 Å². The molecule has 0 rings (SSSR count). The third kappa shape index (κ3) is 12.1. The number of ether oxygens (including phenoxy) is 2. The van der Waals surface area contributed by atoms with Crippen LogP contribution >= 0.6 is 0 Å². The van der Waals surface area contributed by atoms with Crippen LogP contribution in [0.2, 0.25) is 0 Å². The molecule has 0 aliphatic rings. The van der Waals surface area contributed by atoms with E-state index in [0.717, 1.165) is 32.7 Å². The van der Waals surface area contributed by atoms with Crippen LogP contribution in [0.25, 0.3) is 0 Å². The molecule has 0 aliphatic heterocycles. The van der Waals surface area contributed by atoms with E-state index in [4.69, 9.17) is 9.47 Å². The Balaban J connectivity index is 3.32. The van der Waals surface area contributed by atoms with Gasteiger partial charge in [0.05, 0.1) is 13.2 Å². The second kappa shape index (κ2) is 9.83. The Morgan fingerprint density at radius 1 is 1.12 bits per heavy atom. The first-order valence-corrected chi connectivity index (χ1v) is 6.40. The summed E-state index contributed by atoms with van der Waals surface area (Å²) in [5.41, 5.74) is 0.320. The summed E-state index contributed by atoms with van der Waals surface area (Å²) in [6, 6.07) is 0. The van der Waals surface area contributed by atoms with Crippen LogP contribution in [0.4, 0.5) is 0 Å². The fraction of sp³-hybridized carbons (Fsp3) is 1.00. The Labute approximate surface area is 107 Å². The Bertz CT molecular complexity index is 173. The maximum Gasteiger partial charge on any atom is 0.0700 e. The minimum absolute atomic E-state index is 0.320. The molecule has 0 fully saturated rings. The van der Waals surface area contributed by atoms with Crippen LogP contribution in [0.5, 0.6) is 0 Å². The van der Waals surface area contributed by atoms with Gasteiger partial charge in [0.2, 0.25) is 0 Å². The molecule has 0 unspecified atom stereocenters. The molecule has 0 aromatic heterocycles. The molecule has 1 N–H and O–H groups in total. The Hall–Kier alpha value is -0.160. The monoisotopic (exact) mass is 246 g/mol. The predicted molar refractivity (Wildman–Crippen MR) is 72.5 cm³/mol. The molecule has 0 aromatic carbocycles. The number of hydrogen-bond acceptors (Lipinski definition) is 4. The Kier molecular flexibility index (Phi) is 9.74. The standard InChI is InChI=1S/C13H30N2O2/c1-13(2,12-15(3)4)11-14-7-6-8-17-10-9-16-5/h14H,6-12H2,1-5H3. The van der Waals surface area contributed by atoms with E-state index in [-0.39, 0.29) is 0 Å². The molecular formula is C13H30N2O2. The van der Waals surface area contributed by atoms with Crippen molar-refractivity contribution in [2.45, 2.75) is 20.3 Å². The molecule has 0 radical (unpaired) electrons. The van der Waals surface area contributed by atoms with Crippen LogP contribution in [0, 0.1) is 5.41 Å². The summed E-state index contributed by atoms with van der Waals surface area (Å²) >= 11 is 0. The van der Waals surface area contributed by atoms with Gasteiger partial charge in [-0.2, -0.15) is 0 Å². The zero-order valence-corrected chi connectivity index (χ0v) is 12.2. The minimum atomic E-state index is 0.320. The van der Waals surface area contributed by atoms with E-state index in [9.17, 15) is 0 Å². The molecule has 17 heavy (non-hydrogen) atoms. The zero-order valence-electron chi connectivity index (χ0n) is 12.2. The van der Waals surface area contributed by atoms with Gasteiger partial charge in [0.15, 0.2) is 0 Å². The Morgan fingerprint density at radius 3 is 2.41 bits per heavy atom. The van der Waals surface area contributed by atoms with Gasteiger partial charge >= 0.3 is 0 Å². The van der Waals surface area contributed by atoms with E-state index in [2.05, 4.69) is 38.2 Å². The van der Waals surface area contributed by atoms with Crippen molar-refractivity contribution in [2.24, 2.45) is 5.41 Å². The molecule has 0 saturated carbocycles. The van der Waals surface area contributed by atoms with Gasteiger partial charge in [-0.3, -0.25) is 0 Å². The fourth-order valence-corrected chi connectivity index (χ4v) is 1.88. The normalized spacial score (nSPS) is 12.4. The molecule has 104 valence electrons. The molecule has 0 atom stereocenters. The van der Waals surface area contributed by atoms with Crippen molar-refractivity contribution in [1.82, 2.24) is 10.2 Å². The molecular weight excluding hydrogens is 216 g/mol. The third-order valence-corrected chi connectivity index (χ3v) is 2.42. The summed E-state index contributed by atoms with van der Waals surface area (Å²) in [5.74, 6) is 0. The highest BCUT2D eigenvalue weighted by atomic mass is 16.5. The molecule has 0 heterocycles. The van der Waals surface area contributed by atoms with E-state index in [1.807, 2.05) is 0 Å². The largest absolute Gasteiger partial charge is 0.382 e. The first-order valence-electron chi connectivity index (χ1n) is 6.40. The fourth-order valence-electron chi connectivity index (χ4n) is 1.88. The number of hydrogen-bond donors (Lipinski definition) is 1. The predicted octanol–water partition coefficient (Wildman–Crippen LogP) is 1.22. The highest BCUT2D eigenvalue weighted by Gasteiger charge is 2.17. The van der Waals surface area contributed by atoms with Gasteiger partial charge in [0, 0.05) is 26.8 Å². The molecule has 0 aliphatic carbocycles. The quantitative estimate of drug-likeness (QED) is 0.556. The number of nitrogens with one attached hydrogen (secondary N) is 1. The summed E-state index contributed by atoms with van der Waals surface area (Å²) in [6.45, 7) is 9.93. The van der Waals surface area contributed by atoms with Gasteiger partial charge in [-0.15, -0.1) is 0 Å². The average molecular weight is 246 g/mol. The van der Waals surface area contributed by atoms with Crippen LogP contribution in [0.15, 0.2) is 0 Å². The molecule has 4 nitrogen and oxygen atoms in total. The molecule has 0 amide bonds. The van der Waals surface area contributed by atoms with Gasteiger partial charge in [-0.1, -0.05) is 13.8 Å². The number of nitrogens with zero attached hydrogens (tertiary/aromatic N) is 1. The lowest BCUT2D eigenvalue weighted by Gasteiger charge is -2.28. The molecule has 4 heteroatoms. The lowest BCUT2D eigenvalue weighted by Crippen LogP contribution is -2.38. The minimum Gasteiger partial charge on any atom is -0.382 e. The van der Waals surface area contributed by atoms with Crippen LogP contribution in [0.1, 0.15) is 20.3 Å². The van der Waals surface area contributed by atoms with Gasteiger partial charge in [0.1, 0.15) is 0 Å². The highest BCUT2D eigenvalue weighted by Crippen LogP contribution is 2.13. The van der Waals surface area contributed by atoms with E-state index in [1.54, 1.807) is 7.11 Å². The van der Waals surface area contributed by atoms with Crippen molar-refractivity contribution in [3.05, 3.63) is 0 Å². The second-order valence-corrected chi connectivity index (χ2v) is 5.54. The van der Waals surface area contributed by atoms with Gasteiger partial charge in [-0.05, 0) is 32.5 Å². The van der Waals surface area contributed by atoms with Gasteiger partial charge in [0.25, 0.3) is 0 Å². The average Bonchev–Trinajstić information content (AvgIpc) is 2.20. The SMILES string of the molecule is COCCOCCCNCC(C)(C)CN(C)C. The van der Waals surface area contributed by atoms with Crippen LogP contribution in [-0.4, -0.2) is 65.6 Å². The summed E-state index contributed by atoms with van der Waals surface area (Å²) in [5, 5.41) is 3.48. The maximum absolute atomic E-state index is 5.40. The van der Waals surface area contributed by atoms with Gasteiger partial charge in [-0.25, -0.2) is 0 Å². The van der Waals surface area contributed by atoms with Crippen molar-refractivity contribution in [1.29, 1.82) is 0 Å². The molecule has 0 saturated heterocycles. The van der Waals surface area contributed by atoms with E-state index in [0.29, 0.717) is 18.6 Å². The number of methoxy groups -OCH3 is 1. The van der Waals surface area contributed by atoms with E-state index < -0.39 is 0 Å². The van der Waals surface area contributed by atoms with Crippen molar-refractivity contribution >= 4 is 0 Å². The summed E-state index contributed by atoms with van der Waals surface area (Å²) in [7, 11) is 5.93. The van der Waals surface area contributed by atoms with E-state index in [1.165, 1.54) is 0 Å². The molecule has 0 bridgehead atoms. The summed E-state index contributed by atoms with van der Waals surface area (Å²) in [6.07, 6.45) is 1.06. The van der Waals surface area contributed by atoms with Gasteiger partial charge < -0.3 is 19.7 Å². The first-order chi connectivity index (χ1) is 7.98. The zero-order chi connectivity index (χ0) is 13.1. The van der Waals surface area contributed by atoms with Crippen molar-refractivity contribution < 1.29 is 9.47 Å². The first kappa shape index (κ1) is 16.8. The lowest BCUT2D eigenvalue weighted by atomic mass is 9.93. The van der Waals surface area contributed by atoms with Crippen molar-refractivity contribution in [2.75, 3.05) is 60.7 Å². The van der Waals surface area contributed by atoms with Crippen molar-refractivity contribution in [3.8, 4) is 0 Å². The topological polar surface area (TPSA) is 33.7 Å². The third-order valence-electron chi connectivity index (χ3n) is 2.42. The smallest absolute Gasteiger partial charge is 0.0700 e. The number of rotatable bonds is 11. The highest BCUT2D eigenvalue weighted by molar-refractivity contribution is 4.73. The summed E-state index contributed by atoms with van der Waals surface area (Å²) < 4.78 is 10.3.